The van der Waals surface area contributed by atoms with Gasteiger partial charge < -0.3 is 39.0 Å². The normalized spacial score (nSPS) is 24.9. The molecule has 3 amide bonds. The second-order valence-corrected chi connectivity index (χ2v) is 15.3. The van der Waals surface area contributed by atoms with Gasteiger partial charge in [0, 0.05) is 44.0 Å². The first-order valence-corrected chi connectivity index (χ1v) is 19.8. The summed E-state index contributed by atoms with van der Waals surface area (Å²) in [6.07, 6.45) is -0.134. The Kier molecular flexibility index (Phi) is 11.8. The first-order chi connectivity index (χ1) is 27.8. The second kappa shape index (κ2) is 17.3. The van der Waals surface area contributed by atoms with Crippen molar-refractivity contribution in [3.63, 3.8) is 0 Å². The molecule has 4 aromatic carbocycles. The zero-order chi connectivity index (χ0) is 39.4. The van der Waals surface area contributed by atoms with Gasteiger partial charge in [0.15, 0.2) is 12.1 Å². The number of imide groups is 1. The van der Waals surface area contributed by atoms with E-state index in [1.807, 2.05) is 103 Å². The fourth-order valence-corrected chi connectivity index (χ4v) is 8.18. The number of hydrogen-bond acceptors (Lipinski definition) is 10. The van der Waals surface area contributed by atoms with Gasteiger partial charge in [-0.3, -0.25) is 14.5 Å². The number of hydrogen-bond donors (Lipinski definition) is 2. The second-order valence-electron chi connectivity index (χ2n) is 15.3. The highest BCUT2D eigenvalue weighted by Gasteiger charge is 2.43. The Morgan fingerprint density at radius 3 is 2.25 bits per heavy atom. The van der Waals surface area contributed by atoms with Crippen molar-refractivity contribution in [2.45, 2.75) is 76.3 Å². The maximum atomic E-state index is 13.2. The molecule has 4 heterocycles. The number of aliphatic hydroxyl groups excluding tert-OH is 1. The molecule has 4 aliphatic rings. The summed E-state index contributed by atoms with van der Waals surface area (Å²) in [6.45, 7) is 6.09. The Bertz CT molecular complexity index is 2010. The van der Waals surface area contributed by atoms with Gasteiger partial charge in [0.1, 0.15) is 12.6 Å². The average molecular weight is 776 g/mol. The minimum absolute atomic E-state index is 0.0186. The number of piperidine rings is 1. The summed E-state index contributed by atoms with van der Waals surface area (Å²) in [4.78, 5) is 42.2. The van der Waals surface area contributed by atoms with E-state index in [0.717, 1.165) is 71.4 Å². The number of likely N-dealkylation sites (tertiary alicyclic amines) is 2. The Balaban J connectivity index is 0.924. The largest absolute Gasteiger partial charge is 0.445 e. The number of rotatable bonds is 11. The maximum Gasteiger partial charge on any atom is 0.408 e. The monoisotopic (exact) mass is 775 g/mol. The number of carbonyl (C=O) groups excluding carboxylic acids is 3. The van der Waals surface area contributed by atoms with Gasteiger partial charge in [-0.25, -0.2) is 4.79 Å². The van der Waals surface area contributed by atoms with Crippen molar-refractivity contribution < 1.29 is 43.2 Å². The van der Waals surface area contributed by atoms with Gasteiger partial charge in [-0.05, 0) is 39.4 Å². The number of carbonyl (C=O) groups is 3. The fraction of sp³-hybridized carbons (Fsp3) is 0.400. The average Bonchev–Trinajstić information content (AvgIpc) is 3.81. The van der Waals surface area contributed by atoms with Crippen LogP contribution in [-0.4, -0.2) is 83.6 Å². The van der Waals surface area contributed by atoms with Crippen LogP contribution < -0.4 is 5.32 Å². The Morgan fingerprint density at radius 2 is 1.53 bits per heavy atom. The van der Waals surface area contributed by atoms with E-state index < -0.39 is 30.1 Å². The zero-order valence-corrected chi connectivity index (χ0v) is 32.1. The smallest absolute Gasteiger partial charge is 0.408 e. The molecule has 4 fully saturated rings. The highest BCUT2D eigenvalue weighted by Crippen LogP contribution is 2.43. The molecule has 0 saturated carbocycles. The van der Waals surface area contributed by atoms with E-state index in [2.05, 4.69) is 17.1 Å². The van der Waals surface area contributed by atoms with E-state index >= 15 is 0 Å². The van der Waals surface area contributed by atoms with Gasteiger partial charge in [0.25, 0.3) is 5.91 Å². The maximum absolute atomic E-state index is 13.2. The predicted molar refractivity (Wildman–Crippen MR) is 209 cm³/mol. The lowest BCUT2D eigenvalue weighted by atomic mass is 9.89. The predicted octanol–water partition coefficient (Wildman–Crippen LogP) is 6.03. The first-order valence-electron chi connectivity index (χ1n) is 19.8. The van der Waals surface area contributed by atoms with Crippen molar-refractivity contribution in [2.75, 3.05) is 32.8 Å². The summed E-state index contributed by atoms with van der Waals surface area (Å²) < 4.78 is 30.7. The van der Waals surface area contributed by atoms with Crippen molar-refractivity contribution in [3.8, 4) is 11.1 Å². The van der Waals surface area contributed by atoms with Gasteiger partial charge in [-0.2, -0.15) is 0 Å². The van der Waals surface area contributed by atoms with E-state index in [4.69, 9.17) is 23.7 Å². The zero-order valence-electron chi connectivity index (χ0n) is 32.1. The van der Waals surface area contributed by atoms with Crippen molar-refractivity contribution in [2.24, 2.45) is 5.92 Å². The molecular weight excluding hydrogens is 727 g/mol. The topological polar surface area (TPSA) is 136 Å². The number of benzene rings is 4. The lowest BCUT2D eigenvalue weighted by Crippen LogP contribution is -2.50. The fourth-order valence-electron chi connectivity index (χ4n) is 8.18. The molecule has 0 aromatic heterocycles. The standard InChI is InChI=1S/C45H49N3O9/c1-30-39(27-47-20-18-45(19-21-47)54-22-23-55-45)56-43(57-41(30)35-12-10-31(28-49)11-13-35)36-16-14-34(15-17-36)37-9-5-8-33(24-37)26-48-40(50)25-38(42(48)51)46-44(52)53-29-32-6-3-2-4-7-32/h2-17,24,30,38-39,41,43,49H,18-23,25-29H2,1H3,(H,46,52)/t30-,38?,39+,41+,43+/m0/s1. The molecule has 4 aliphatic heterocycles. The molecule has 2 N–H and O–H groups in total. The third-order valence-corrected chi connectivity index (χ3v) is 11.5. The molecule has 4 saturated heterocycles. The van der Waals surface area contributed by atoms with Crippen molar-refractivity contribution >= 4 is 17.9 Å². The van der Waals surface area contributed by atoms with Gasteiger partial charge in [-0.15, -0.1) is 0 Å². The van der Waals surface area contributed by atoms with E-state index in [0.29, 0.717) is 13.2 Å². The Morgan fingerprint density at radius 1 is 0.825 bits per heavy atom. The summed E-state index contributed by atoms with van der Waals surface area (Å²) in [5.41, 5.74) is 6.26. The highest BCUT2D eigenvalue weighted by molar-refractivity contribution is 6.06. The molecule has 1 spiro atoms. The Labute approximate surface area is 332 Å². The van der Waals surface area contributed by atoms with Crippen LogP contribution in [-0.2, 0) is 53.0 Å². The molecular formula is C45H49N3O9. The van der Waals surface area contributed by atoms with E-state index in [1.54, 1.807) is 0 Å². The number of nitrogens with one attached hydrogen (secondary N) is 1. The third kappa shape index (κ3) is 8.96. The van der Waals surface area contributed by atoms with Crippen LogP contribution in [0.15, 0.2) is 103 Å². The molecule has 8 rings (SSSR count). The van der Waals surface area contributed by atoms with Gasteiger partial charge in [0.05, 0.1) is 45.0 Å². The number of nitrogens with zero attached hydrogens (tertiary/aromatic N) is 2. The summed E-state index contributed by atoms with van der Waals surface area (Å²) in [5, 5.41) is 12.2. The molecule has 5 atom stereocenters. The molecule has 0 aliphatic carbocycles. The van der Waals surface area contributed by atoms with Gasteiger partial charge in [0.2, 0.25) is 5.91 Å². The number of alkyl carbamates (subject to hydrolysis) is 1. The molecule has 298 valence electrons. The van der Waals surface area contributed by atoms with E-state index in [9.17, 15) is 19.5 Å². The molecule has 1 unspecified atom stereocenters. The van der Waals surface area contributed by atoms with Crippen LogP contribution >= 0.6 is 0 Å². The minimum atomic E-state index is -0.976. The van der Waals surface area contributed by atoms with Crippen LogP contribution in [0.25, 0.3) is 11.1 Å². The molecule has 12 nitrogen and oxygen atoms in total. The molecule has 0 radical (unpaired) electrons. The first kappa shape index (κ1) is 38.9. The molecule has 57 heavy (non-hydrogen) atoms. The highest BCUT2D eigenvalue weighted by atomic mass is 16.7. The minimum Gasteiger partial charge on any atom is -0.445 e. The summed E-state index contributed by atoms with van der Waals surface area (Å²) in [7, 11) is 0. The molecule has 12 heteroatoms. The van der Waals surface area contributed by atoms with Crippen LogP contribution in [0.5, 0.6) is 0 Å². The third-order valence-electron chi connectivity index (χ3n) is 11.5. The van der Waals surface area contributed by atoms with E-state index in [-0.39, 0.29) is 50.2 Å². The quantitative estimate of drug-likeness (QED) is 0.174. The SMILES string of the molecule is C[C@H]1[C@@H](CN2CCC3(CC2)OCCO3)O[C@@H](c2ccc(-c3cccc(CN4C(=O)CC(NC(=O)OCc5ccccc5)C4=O)c3)cc2)O[C@H]1c1ccc(CO)cc1. The molecule has 4 aromatic rings. The van der Waals surface area contributed by atoms with Gasteiger partial charge in [-0.1, -0.05) is 104 Å². The van der Waals surface area contributed by atoms with Crippen LogP contribution in [0.1, 0.15) is 66.4 Å². The van der Waals surface area contributed by atoms with E-state index in [1.165, 1.54) is 4.90 Å². The number of aliphatic hydroxyl groups is 1. The van der Waals surface area contributed by atoms with Gasteiger partial charge >= 0.3 is 6.09 Å². The van der Waals surface area contributed by atoms with Crippen molar-refractivity contribution in [3.05, 3.63) is 131 Å². The summed E-state index contributed by atoms with van der Waals surface area (Å²) in [6, 6.07) is 32.0. The number of amides is 3. The van der Waals surface area contributed by atoms with Crippen molar-refractivity contribution in [1.29, 1.82) is 0 Å². The van der Waals surface area contributed by atoms with Crippen LogP contribution in [0.2, 0.25) is 0 Å². The Hall–Kier alpha value is -4.95. The lowest BCUT2D eigenvalue weighted by Gasteiger charge is -2.44. The lowest BCUT2D eigenvalue weighted by molar-refractivity contribution is -0.278. The summed E-state index contributed by atoms with van der Waals surface area (Å²) in [5.74, 6) is -1.20. The summed E-state index contributed by atoms with van der Waals surface area (Å²) >= 11 is 0. The van der Waals surface area contributed by atoms with Crippen LogP contribution in [0.4, 0.5) is 4.79 Å². The van der Waals surface area contributed by atoms with Crippen LogP contribution in [0, 0.1) is 5.92 Å². The van der Waals surface area contributed by atoms with Crippen LogP contribution in [0.3, 0.4) is 0 Å². The molecule has 0 bridgehead atoms. The number of ether oxygens (including phenoxy) is 5. The van der Waals surface area contributed by atoms with Crippen molar-refractivity contribution in [1.82, 2.24) is 15.1 Å².